The molecule has 3 N–H and O–H groups in total. The van der Waals surface area contributed by atoms with Gasteiger partial charge in [-0.3, -0.25) is 0 Å². The van der Waals surface area contributed by atoms with Crippen molar-refractivity contribution in [3.8, 4) is 0 Å². The third kappa shape index (κ3) is 4.99. The normalized spacial score (nSPS) is 20.7. The third-order valence-corrected chi connectivity index (χ3v) is 5.93. The Hall–Kier alpha value is -1.58. The van der Waals surface area contributed by atoms with Crippen molar-refractivity contribution in [2.24, 2.45) is 5.92 Å². The van der Waals surface area contributed by atoms with E-state index < -0.39 is 0 Å². The molecule has 0 atom stereocenters. The number of benzene rings is 1. The standard InChI is InChI=1S/C23H35N3/c1-18(2)16-26-19(3)14-22(20(26)4)15-24-23-10-12-25(13-11-23)17-21-8-6-5-7-9-21/h5-9,14,18,23-24H,10-13,15-17H2,1-4H3/p+2. The monoisotopic (exact) mass is 355 g/mol. The number of hydrogen-bond donors (Lipinski definition) is 2. The van der Waals surface area contributed by atoms with Crippen LogP contribution in [-0.4, -0.2) is 23.7 Å². The number of aromatic nitrogens is 1. The van der Waals surface area contributed by atoms with Crippen LogP contribution in [-0.2, 0) is 19.6 Å². The number of nitrogens with zero attached hydrogens (tertiary/aromatic N) is 1. The fourth-order valence-electron chi connectivity index (χ4n) is 4.36. The molecule has 0 saturated carbocycles. The summed E-state index contributed by atoms with van der Waals surface area (Å²) in [6.07, 6.45) is 2.68. The Morgan fingerprint density at radius 2 is 1.81 bits per heavy atom. The lowest BCUT2D eigenvalue weighted by Gasteiger charge is -2.28. The van der Waals surface area contributed by atoms with Crippen LogP contribution in [0.4, 0.5) is 0 Å². The van der Waals surface area contributed by atoms with E-state index in [0.29, 0.717) is 5.92 Å². The van der Waals surface area contributed by atoms with Gasteiger partial charge in [-0.05, 0) is 25.8 Å². The summed E-state index contributed by atoms with van der Waals surface area (Å²) >= 11 is 0. The maximum absolute atomic E-state index is 2.60. The Morgan fingerprint density at radius 1 is 1.12 bits per heavy atom. The lowest BCUT2D eigenvalue weighted by Crippen LogP contribution is -3.13. The number of nitrogens with two attached hydrogens (primary N) is 1. The fraction of sp³-hybridized carbons (Fsp3) is 0.565. The average molecular weight is 356 g/mol. The van der Waals surface area contributed by atoms with Gasteiger partial charge in [-0.2, -0.15) is 0 Å². The second-order valence-corrected chi connectivity index (χ2v) is 8.59. The second kappa shape index (κ2) is 8.88. The summed E-state index contributed by atoms with van der Waals surface area (Å²) < 4.78 is 2.50. The molecule has 1 saturated heterocycles. The summed E-state index contributed by atoms with van der Waals surface area (Å²) in [5, 5.41) is 2.60. The van der Waals surface area contributed by atoms with Gasteiger partial charge in [0.25, 0.3) is 0 Å². The van der Waals surface area contributed by atoms with E-state index in [1.165, 1.54) is 55.0 Å². The summed E-state index contributed by atoms with van der Waals surface area (Å²) in [4.78, 5) is 1.75. The molecule has 0 spiro atoms. The minimum atomic E-state index is 0.702. The van der Waals surface area contributed by atoms with Gasteiger partial charge in [0, 0.05) is 41.9 Å². The molecule has 2 aromatic rings. The van der Waals surface area contributed by atoms with Crippen LogP contribution in [0.25, 0.3) is 0 Å². The number of rotatable bonds is 7. The van der Waals surface area contributed by atoms with E-state index in [1.54, 1.807) is 4.90 Å². The first-order valence-electron chi connectivity index (χ1n) is 10.4. The van der Waals surface area contributed by atoms with Gasteiger partial charge < -0.3 is 14.8 Å². The van der Waals surface area contributed by atoms with Gasteiger partial charge in [-0.15, -0.1) is 0 Å². The van der Waals surface area contributed by atoms with Crippen LogP contribution in [0, 0.1) is 19.8 Å². The van der Waals surface area contributed by atoms with Crippen molar-refractivity contribution < 1.29 is 10.2 Å². The van der Waals surface area contributed by atoms with E-state index in [0.717, 1.165) is 19.1 Å². The van der Waals surface area contributed by atoms with Crippen molar-refractivity contribution in [1.82, 2.24) is 4.57 Å². The molecule has 26 heavy (non-hydrogen) atoms. The van der Waals surface area contributed by atoms with E-state index >= 15 is 0 Å². The van der Waals surface area contributed by atoms with Gasteiger partial charge in [0.2, 0.25) is 0 Å². The number of nitrogens with one attached hydrogen (secondary N) is 1. The molecule has 1 aromatic heterocycles. The summed E-state index contributed by atoms with van der Waals surface area (Å²) in [5.41, 5.74) is 5.89. The largest absolute Gasteiger partial charge is 0.348 e. The van der Waals surface area contributed by atoms with Gasteiger partial charge in [-0.25, -0.2) is 0 Å². The van der Waals surface area contributed by atoms with Crippen LogP contribution in [0.1, 0.15) is 49.2 Å². The van der Waals surface area contributed by atoms with Crippen molar-refractivity contribution in [3.05, 3.63) is 58.9 Å². The van der Waals surface area contributed by atoms with Crippen molar-refractivity contribution in [2.45, 2.75) is 66.2 Å². The topological polar surface area (TPSA) is 26.0 Å². The van der Waals surface area contributed by atoms with E-state index in [4.69, 9.17) is 0 Å². The SMILES string of the molecule is Cc1cc(C[NH2+]C2CC[NH+](Cc3ccccc3)CC2)c(C)n1CC(C)C. The van der Waals surface area contributed by atoms with Crippen LogP contribution in [0.5, 0.6) is 0 Å². The molecular formula is C23H37N3+2. The minimum absolute atomic E-state index is 0.702. The molecule has 3 nitrogen and oxygen atoms in total. The summed E-state index contributed by atoms with van der Waals surface area (Å²) in [5.74, 6) is 0.702. The predicted octanol–water partition coefficient (Wildman–Crippen LogP) is 2.07. The van der Waals surface area contributed by atoms with Crippen molar-refractivity contribution >= 4 is 0 Å². The molecule has 0 unspecified atom stereocenters. The first-order valence-corrected chi connectivity index (χ1v) is 10.4. The van der Waals surface area contributed by atoms with Gasteiger partial charge in [0.1, 0.15) is 13.1 Å². The lowest BCUT2D eigenvalue weighted by molar-refractivity contribution is -0.926. The van der Waals surface area contributed by atoms with Crippen molar-refractivity contribution in [2.75, 3.05) is 13.1 Å². The van der Waals surface area contributed by atoms with Gasteiger partial charge in [0.05, 0.1) is 19.1 Å². The molecule has 1 aromatic carbocycles. The van der Waals surface area contributed by atoms with Crippen molar-refractivity contribution in [1.29, 1.82) is 0 Å². The molecule has 1 aliphatic heterocycles. The molecule has 3 rings (SSSR count). The molecular weight excluding hydrogens is 318 g/mol. The van der Waals surface area contributed by atoms with Crippen LogP contribution in [0.3, 0.4) is 0 Å². The first-order chi connectivity index (χ1) is 12.5. The molecule has 0 aliphatic carbocycles. The lowest BCUT2D eigenvalue weighted by atomic mass is 10.0. The Labute approximate surface area is 159 Å². The van der Waals surface area contributed by atoms with E-state index in [9.17, 15) is 0 Å². The Morgan fingerprint density at radius 3 is 2.46 bits per heavy atom. The summed E-state index contributed by atoms with van der Waals surface area (Å²) in [7, 11) is 0. The zero-order valence-corrected chi connectivity index (χ0v) is 17.1. The third-order valence-electron chi connectivity index (χ3n) is 5.93. The second-order valence-electron chi connectivity index (χ2n) is 8.59. The van der Waals surface area contributed by atoms with E-state index in [2.05, 4.69) is 74.0 Å². The Kier molecular flexibility index (Phi) is 6.55. The zero-order valence-electron chi connectivity index (χ0n) is 17.1. The van der Waals surface area contributed by atoms with E-state index in [-0.39, 0.29) is 0 Å². The maximum Gasteiger partial charge on any atom is 0.103 e. The van der Waals surface area contributed by atoms with Crippen molar-refractivity contribution in [3.63, 3.8) is 0 Å². The van der Waals surface area contributed by atoms with Gasteiger partial charge >= 0.3 is 0 Å². The molecule has 0 amide bonds. The predicted molar refractivity (Wildman–Crippen MR) is 108 cm³/mol. The highest BCUT2D eigenvalue weighted by molar-refractivity contribution is 5.25. The molecule has 2 heterocycles. The van der Waals surface area contributed by atoms with Crippen LogP contribution < -0.4 is 10.2 Å². The van der Waals surface area contributed by atoms with Crippen LogP contribution >= 0.6 is 0 Å². The Balaban J connectivity index is 1.47. The highest BCUT2D eigenvalue weighted by Crippen LogP contribution is 2.16. The highest BCUT2D eigenvalue weighted by atomic mass is 15.1. The fourth-order valence-corrected chi connectivity index (χ4v) is 4.36. The van der Waals surface area contributed by atoms with E-state index in [1.807, 2.05) is 0 Å². The van der Waals surface area contributed by atoms with Crippen LogP contribution in [0.2, 0.25) is 0 Å². The molecule has 0 bridgehead atoms. The smallest absolute Gasteiger partial charge is 0.103 e. The quantitative estimate of drug-likeness (QED) is 0.761. The summed E-state index contributed by atoms with van der Waals surface area (Å²) in [6.45, 7) is 15.2. The first kappa shape index (κ1) is 19.2. The molecule has 1 fully saturated rings. The molecule has 0 radical (unpaired) electrons. The number of quaternary nitrogens is 2. The van der Waals surface area contributed by atoms with Crippen LogP contribution in [0.15, 0.2) is 36.4 Å². The molecule has 142 valence electrons. The summed E-state index contributed by atoms with van der Waals surface area (Å²) in [6, 6.07) is 14.1. The number of aryl methyl sites for hydroxylation is 1. The van der Waals surface area contributed by atoms with Gasteiger partial charge in [0.15, 0.2) is 0 Å². The molecule has 3 heteroatoms. The molecule has 1 aliphatic rings. The minimum Gasteiger partial charge on any atom is -0.348 e. The Bertz CT molecular complexity index is 679. The zero-order chi connectivity index (χ0) is 18.5. The number of hydrogen-bond acceptors (Lipinski definition) is 0. The number of likely N-dealkylation sites (tertiary alicyclic amines) is 1. The highest BCUT2D eigenvalue weighted by Gasteiger charge is 2.24. The maximum atomic E-state index is 2.60. The number of piperidine rings is 1. The average Bonchev–Trinajstić information content (AvgIpc) is 2.89. The van der Waals surface area contributed by atoms with Gasteiger partial charge in [-0.1, -0.05) is 44.2 Å².